The maximum absolute atomic E-state index is 14.7. The molecule has 4 heterocycles. The summed E-state index contributed by atoms with van der Waals surface area (Å²) in [5.74, 6) is -1.51. The third-order valence-corrected chi connectivity index (χ3v) is 8.39. The Labute approximate surface area is 260 Å². The molecule has 0 aliphatic carbocycles. The van der Waals surface area contributed by atoms with Crippen molar-refractivity contribution in [2.24, 2.45) is 5.92 Å². The zero-order valence-corrected chi connectivity index (χ0v) is 25.3. The number of nitrogens with one attached hydrogen (secondary N) is 3. The molecule has 224 valence electrons. The lowest BCUT2D eigenvalue weighted by Gasteiger charge is -2.22. The Kier molecular flexibility index (Phi) is 8.31. The molecule has 3 aromatic heterocycles. The number of nitrogens with zero attached hydrogens (tertiary/aromatic N) is 6. The first-order chi connectivity index (χ1) is 21.3. The minimum absolute atomic E-state index is 0.0557. The van der Waals surface area contributed by atoms with E-state index in [0.717, 1.165) is 16.8 Å². The van der Waals surface area contributed by atoms with E-state index in [9.17, 15) is 14.0 Å². The fourth-order valence-corrected chi connectivity index (χ4v) is 5.73. The topological polar surface area (TPSA) is 140 Å². The molecule has 1 aliphatic heterocycles. The van der Waals surface area contributed by atoms with E-state index in [1.807, 2.05) is 37.3 Å². The Morgan fingerprint density at radius 1 is 1.16 bits per heavy atom. The number of benzene rings is 2. The fourth-order valence-electron chi connectivity index (χ4n) is 5.09. The van der Waals surface area contributed by atoms with Crippen LogP contribution in [0, 0.1) is 18.7 Å². The van der Waals surface area contributed by atoms with Crippen molar-refractivity contribution in [3.63, 3.8) is 0 Å². The van der Waals surface area contributed by atoms with Gasteiger partial charge in [-0.15, -0.1) is 15.3 Å². The molecular formula is C30H27ClFN9O2S. The average Bonchev–Trinajstić information content (AvgIpc) is 3.67. The van der Waals surface area contributed by atoms with E-state index in [-0.39, 0.29) is 28.2 Å². The molecule has 2 atom stereocenters. The molecule has 11 nitrogen and oxygen atoms in total. The first-order valence-corrected chi connectivity index (χ1v) is 15.2. The first-order valence-electron chi connectivity index (χ1n) is 13.9. The number of amides is 2. The van der Waals surface area contributed by atoms with Gasteiger partial charge < -0.3 is 16.0 Å². The van der Waals surface area contributed by atoms with Gasteiger partial charge in [0.1, 0.15) is 11.2 Å². The lowest BCUT2D eigenvalue weighted by Crippen LogP contribution is -2.30. The zero-order chi connectivity index (χ0) is 30.8. The minimum Gasteiger partial charge on any atom is -0.342 e. The van der Waals surface area contributed by atoms with Crippen molar-refractivity contribution in [2.45, 2.75) is 39.2 Å². The first kappa shape index (κ1) is 29.3. The summed E-state index contributed by atoms with van der Waals surface area (Å²) >= 11 is 7.32. The molecule has 2 aromatic carbocycles. The number of halogens is 2. The van der Waals surface area contributed by atoms with Gasteiger partial charge in [-0.2, -0.15) is 0 Å². The molecule has 0 fully saturated rings. The van der Waals surface area contributed by atoms with Crippen LogP contribution in [0.1, 0.15) is 54.1 Å². The molecule has 0 unspecified atom stereocenters. The van der Waals surface area contributed by atoms with Crippen LogP contribution in [-0.2, 0) is 4.79 Å². The molecule has 44 heavy (non-hydrogen) atoms. The highest BCUT2D eigenvalue weighted by Gasteiger charge is 2.25. The highest BCUT2D eigenvalue weighted by Crippen LogP contribution is 2.35. The molecule has 3 N–H and O–H groups in total. The summed E-state index contributed by atoms with van der Waals surface area (Å²) < 4.78 is 15.9. The van der Waals surface area contributed by atoms with Crippen LogP contribution in [0.2, 0.25) is 5.02 Å². The maximum atomic E-state index is 14.7. The van der Waals surface area contributed by atoms with E-state index in [2.05, 4.69) is 41.4 Å². The Bertz CT molecular complexity index is 1850. The fraction of sp³-hybridized carbons (Fsp3) is 0.233. The van der Waals surface area contributed by atoms with Crippen LogP contribution in [0.4, 0.5) is 20.9 Å². The number of carbonyl (C=O) groups is 2. The van der Waals surface area contributed by atoms with Crippen molar-refractivity contribution >= 4 is 51.3 Å². The lowest BCUT2D eigenvalue weighted by molar-refractivity contribution is -0.119. The van der Waals surface area contributed by atoms with Crippen molar-refractivity contribution in [1.29, 1.82) is 0 Å². The van der Waals surface area contributed by atoms with Gasteiger partial charge in [-0.25, -0.2) is 9.07 Å². The van der Waals surface area contributed by atoms with E-state index < -0.39 is 17.8 Å². The summed E-state index contributed by atoms with van der Waals surface area (Å²) in [6.45, 7) is 3.52. The standard InChI is InChI=1S/C30H27ClFN9O2S/c1-16-5-3-7-22(36-29(43)27-17(2)41(40-38-27)25-8-4-6-21(31)26(25)32)24-13-18(11-12-33-24)20-10-9-19(14-23(20)37-28(16)42)35-30-39-34-15-44-30/h4,6,8-16,22H,3,5,7H2,1-2H3,(H,35,39)(H,36,43)(H,37,42)/t16-,22+/m1/s1. The molecule has 1 aliphatic rings. The van der Waals surface area contributed by atoms with E-state index in [1.54, 1.807) is 24.7 Å². The van der Waals surface area contributed by atoms with Gasteiger partial charge in [-0.1, -0.05) is 53.6 Å². The summed E-state index contributed by atoms with van der Waals surface area (Å²) in [5, 5.41) is 25.9. The van der Waals surface area contributed by atoms with Crippen LogP contribution in [0.25, 0.3) is 16.8 Å². The molecule has 0 spiro atoms. The second kappa shape index (κ2) is 12.5. The number of pyridine rings is 1. The monoisotopic (exact) mass is 631 g/mol. The van der Waals surface area contributed by atoms with Crippen molar-refractivity contribution in [1.82, 2.24) is 35.5 Å². The summed E-state index contributed by atoms with van der Waals surface area (Å²) in [6.07, 6.45) is 3.46. The number of aromatic nitrogens is 6. The Morgan fingerprint density at radius 2 is 2.02 bits per heavy atom. The number of hydrogen-bond donors (Lipinski definition) is 3. The highest BCUT2D eigenvalue weighted by atomic mass is 35.5. The lowest BCUT2D eigenvalue weighted by atomic mass is 9.95. The SMILES string of the molecule is Cc1c(C(=O)N[C@H]2CCC[C@@H](C)C(=O)Nc3cc(Nc4nncs4)ccc3-c3ccnc2c3)nnn1-c1cccc(Cl)c1F. The maximum Gasteiger partial charge on any atom is 0.274 e. The predicted molar refractivity (Wildman–Crippen MR) is 166 cm³/mol. The van der Waals surface area contributed by atoms with Crippen molar-refractivity contribution in [3.8, 4) is 16.8 Å². The third kappa shape index (κ3) is 6.01. The molecule has 2 amide bonds. The van der Waals surface area contributed by atoms with Gasteiger partial charge in [0, 0.05) is 23.4 Å². The molecule has 5 aromatic rings. The van der Waals surface area contributed by atoms with Gasteiger partial charge in [0.15, 0.2) is 11.5 Å². The van der Waals surface area contributed by atoms with Crippen LogP contribution in [0.15, 0.2) is 60.2 Å². The van der Waals surface area contributed by atoms with Crippen LogP contribution in [0.3, 0.4) is 0 Å². The van der Waals surface area contributed by atoms with Crippen LogP contribution in [0.5, 0.6) is 0 Å². The molecule has 6 rings (SSSR count). The number of fused-ring (bicyclic) bond motifs is 4. The summed E-state index contributed by atoms with van der Waals surface area (Å²) in [4.78, 5) is 31.3. The molecule has 2 bridgehead atoms. The molecule has 14 heteroatoms. The van der Waals surface area contributed by atoms with Crippen LogP contribution >= 0.6 is 22.9 Å². The number of anilines is 3. The largest absolute Gasteiger partial charge is 0.342 e. The van der Waals surface area contributed by atoms with E-state index in [0.29, 0.717) is 41.5 Å². The second-order valence-corrected chi connectivity index (χ2v) is 11.7. The van der Waals surface area contributed by atoms with Gasteiger partial charge >= 0.3 is 0 Å². The molecule has 0 saturated carbocycles. The molecule has 0 saturated heterocycles. The van der Waals surface area contributed by atoms with E-state index in [1.165, 1.54) is 28.2 Å². The van der Waals surface area contributed by atoms with Gasteiger partial charge in [-0.3, -0.25) is 14.6 Å². The Hall–Kier alpha value is -4.75. The highest BCUT2D eigenvalue weighted by molar-refractivity contribution is 7.13. The normalized spacial score (nSPS) is 16.7. The Balaban J connectivity index is 1.32. The summed E-state index contributed by atoms with van der Waals surface area (Å²) in [6, 6.07) is 13.5. The second-order valence-electron chi connectivity index (χ2n) is 10.5. The number of rotatable bonds is 5. The zero-order valence-electron chi connectivity index (χ0n) is 23.7. The van der Waals surface area contributed by atoms with Crippen molar-refractivity contribution < 1.29 is 14.0 Å². The minimum atomic E-state index is -0.656. The van der Waals surface area contributed by atoms with Gasteiger partial charge in [0.25, 0.3) is 5.91 Å². The summed E-state index contributed by atoms with van der Waals surface area (Å²) in [5.41, 5.74) is 5.80. The number of carbonyl (C=O) groups excluding carboxylic acids is 2. The average molecular weight is 632 g/mol. The van der Waals surface area contributed by atoms with Crippen molar-refractivity contribution in [2.75, 3.05) is 10.6 Å². The quantitative estimate of drug-likeness (QED) is 0.207. The van der Waals surface area contributed by atoms with Gasteiger partial charge in [-0.05, 0) is 61.7 Å². The molecular weight excluding hydrogens is 605 g/mol. The molecule has 0 radical (unpaired) electrons. The van der Waals surface area contributed by atoms with Crippen molar-refractivity contribution in [3.05, 3.63) is 88.2 Å². The Morgan fingerprint density at radius 3 is 2.84 bits per heavy atom. The van der Waals surface area contributed by atoms with Gasteiger partial charge in [0.2, 0.25) is 11.0 Å². The van der Waals surface area contributed by atoms with Crippen LogP contribution in [-0.4, -0.2) is 42.0 Å². The van der Waals surface area contributed by atoms with E-state index >= 15 is 0 Å². The summed E-state index contributed by atoms with van der Waals surface area (Å²) in [7, 11) is 0. The van der Waals surface area contributed by atoms with Crippen LogP contribution < -0.4 is 16.0 Å². The van der Waals surface area contributed by atoms with E-state index in [4.69, 9.17) is 11.6 Å². The third-order valence-electron chi connectivity index (χ3n) is 7.49. The smallest absolute Gasteiger partial charge is 0.274 e. The van der Waals surface area contributed by atoms with Gasteiger partial charge in [0.05, 0.1) is 28.1 Å². The predicted octanol–water partition coefficient (Wildman–Crippen LogP) is 6.25. The number of hydrogen-bond acceptors (Lipinski definition) is 9.